The van der Waals surface area contributed by atoms with Gasteiger partial charge in [-0.15, -0.1) is 0 Å². The Morgan fingerprint density at radius 2 is 2.06 bits per heavy atom. The number of nitrogens with zero attached hydrogens (tertiary/aromatic N) is 2. The third-order valence-electron chi connectivity index (χ3n) is 2.72. The second kappa shape index (κ2) is 6.29. The minimum absolute atomic E-state index is 0.0634. The number of rotatable bonds is 7. The summed E-state index contributed by atoms with van der Waals surface area (Å²) < 4.78 is 10.8. The molecule has 18 heavy (non-hydrogen) atoms. The van der Waals surface area contributed by atoms with Crippen molar-refractivity contribution in [1.29, 1.82) is 0 Å². The molecule has 1 rings (SSSR count). The predicted molar refractivity (Wildman–Crippen MR) is 70.1 cm³/mol. The molecule has 0 aliphatic carbocycles. The summed E-state index contributed by atoms with van der Waals surface area (Å²) in [6, 6.07) is 0.0634. The molecule has 1 aromatic heterocycles. The van der Waals surface area contributed by atoms with Gasteiger partial charge in [-0.3, -0.25) is 0 Å². The molecule has 1 unspecified atom stereocenters. The zero-order valence-corrected chi connectivity index (χ0v) is 12.1. The molecule has 0 aliphatic heterocycles. The lowest BCUT2D eigenvalue weighted by Gasteiger charge is -2.19. The zero-order valence-electron chi connectivity index (χ0n) is 12.1. The number of nitrogens with two attached hydrogens (primary N) is 1. The van der Waals surface area contributed by atoms with Crippen LogP contribution in [0, 0.1) is 5.92 Å². The fourth-order valence-electron chi connectivity index (χ4n) is 1.92. The van der Waals surface area contributed by atoms with Gasteiger partial charge in [0, 0.05) is 19.1 Å². The van der Waals surface area contributed by atoms with Crippen molar-refractivity contribution >= 4 is 0 Å². The Morgan fingerprint density at radius 1 is 1.39 bits per heavy atom. The first-order valence-electron chi connectivity index (χ1n) is 6.57. The van der Waals surface area contributed by atoms with Gasteiger partial charge < -0.3 is 15.0 Å². The van der Waals surface area contributed by atoms with E-state index in [2.05, 4.69) is 24.0 Å². The summed E-state index contributed by atoms with van der Waals surface area (Å²) in [6.07, 6.45) is 1.57. The van der Waals surface area contributed by atoms with E-state index in [1.54, 1.807) is 0 Å². The van der Waals surface area contributed by atoms with Crippen LogP contribution in [0.5, 0.6) is 0 Å². The molecule has 0 bridgehead atoms. The van der Waals surface area contributed by atoms with Crippen LogP contribution in [0.15, 0.2) is 4.52 Å². The molecule has 2 N–H and O–H groups in total. The quantitative estimate of drug-likeness (QED) is 0.809. The molecule has 1 atom stereocenters. The molecule has 1 heterocycles. The van der Waals surface area contributed by atoms with Gasteiger partial charge in [-0.05, 0) is 33.1 Å². The maximum Gasteiger partial charge on any atom is 0.228 e. The van der Waals surface area contributed by atoms with Crippen molar-refractivity contribution in [3.8, 4) is 0 Å². The Kier molecular flexibility index (Phi) is 5.28. The van der Waals surface area contributed by atoms with Crippen LogP contribution in [0.1, 0.15) is 52.8 Å². The lowest BCUT2D eigenvalue weighted by atomic mass is 10.0. The van der Waals surface area contributed by atoms with Crippen molar-refractivity contribution in [2.75, 3.05) is 6.61 Å². The fraction of sp³-hybridized carbons (Fsp3) is 0.846. The maximum atomic E-state index is 6.02. The van der Waals surface area contributed by atoms with E-state index in [4.69, 9.17) is 15.0 Å². The highest BCUT2D eigenvalue weighted by Crippen LogP contribution is 2.21. The predicted octanol–water partition coefficient (Wildman–Crippen LogP) is 2.26. The van der Waals surface area contributed by atoms with Gasteiger partial charge in [0.2, 0.25) is 11.7 Å². The molecular weight excluding hydrogens is 230 g/mol. The minimum atomic E-state index is -0.515. The van der Waals surface area contributed by atoms with E-state index in [1.165, 1.54) is 0 Å². The largest absolute Gasteiger partial charge is 0.368 e. The molecule has 5 heteroatoms. The third-order valence-corrected chi connectivity index (χ3v) is 2.72. The average molecular weight is 255 g/mol. The van der Waals surface area contributed by atoms with E-state index in [-0.39, 0.29) is 6.04 Å². The van der Waals surface area contributed by atoms with Crippen molar-refractivity contribution in [3.05, 3.63) is 11.7 Å². The molecule has 0 saturated carbocycles. The van der Waals surface area contributed by atoms with Crippen LogP contribution >= 0.6 is 0 Å². The topological polar surface area (TPSA) is 74.2 Å². The number of aromatic nitrogens is 2. The minimum Gasteiger partial charge on any atom is -0.368 e. The Hall–Kier alpha value is -0.940. The van der Waals surface area contributed by atoms with Crippen molar-refractivity contribution in [2.45, 2.75) is 59.1 Å². The summed E-state index contributed by atoms with van der Waals surface area (Å²) in [4.78, 5) is 4.37. The molecule has 0 aromatic carbocycles. The molecule has 0 radical (unpaired) electrons. The first-order chi connectivity index (χ1) is 8.35. The summed E-state index contributed by atoms with van der Waals surface area (Å²) >= 11 is 0. The molecule has 0 spiro atoms. The summed E-state index contributed by atoms with van der Waals surface area (Å²) in [6.45, 7) is 10.7. The second-order valence-electron chi connectivity index (χ2n) is 5.55. The fourth-order valence-corrected chi connectivity index (χ4v) is 1.92. The van der Waals surface area contributed by atoms with Crippen molar-refractivity contribution in [2.24, 2.45) is 11.7 Å². The number of hydrogen-bond acceptors (Lipinski definition) is 5. The first kappa shape index (κ1) is 15.1. The van der Waals surface area contributed by atoms with Crippen molar-refractivity contribution in [1.82, 2.24) is 10.1 Å². The zero-order chi connectivity index (χ0) is 13.8. The number of ether oxygens (including phenoxy) is 1. The molecule has 0 aliphatic rings. The van der Waals surface area contributed by atoms with Gasteiger partial charge in [-0.1, -0.05) is 19.0 Å². The smallest absolute Gasteiger partial charge is 0.228 e. The Bertz CT molecular complexity index is 361. The van der Waals surface area contributed by atoms with Gasteiger partial charge in [-0.25, -0.2) is 0 Å². The van der Waals surface area contributed by atoms with Gasteiger partial charge in [0.05, 0.1) is 0 Å². The highest BCUT2D eigenvalue weighted by molar-refractivity contribution is 4.98. The normalized spacial score (nSPS) is 14.2. The maximum absolute atomic E-state index is 6.02. The third kappa shape index (κ3) is 4.38. The SMILES string of the molecule is CCOC(C)(C)c1noc(CC(N)CC(C)C)n1. The summed E-state index contributed by atoms with van der Waals surface area (Å²) in [5.41, 5.74) is 5.51. The van der Waals surface area contributed by atoms with E-state index >= 15 is 0 Å². The molecule has 0 saturated heterocycles. The molecule has 0 fully saturated rings. The highest BCUT2D eigenvalue weighted by atomic mass is 16.5. The van der Waals surface area contributed by atoms with Crippen LogP contribution in [-0.2, 0) is 16.8 Å². The van der Waals surface area contributed by atoms with Crippen LogP contribution in [0.4, 0.5) is 0 Å². The molecular formula is C13H25N3O2. The van der Waals surface area contributed by atoms with Crippen LogP contribution in [0.3, 0.4) is 0 Å². The number of hydrogen-bond donors (Lipinski definition) is 1. The van der Waals surface area contributed by atoms with Crippen LogP contribution in [0.25, 0.3) is 0 Å². The molecule has 1 aromatic rings. The Balaban J connectivity index is 2.63. The van der Waals surface area contributed by atoms with E-state index in [1.807, 2.05) is 20.8 Å². The van der Waals surface area contributed by atoms with Crippen molar-refractivity contribution < 1.29 is 9.26 Å². The summed E-state index contributed by atoms with van der Waals surface area (Å²) in [5, 5.41) is 3.97. The van der Waals surface area contributed by atoms with E-state index in [9.17, 15) is 0 Å². The van der Waals surface area contributed by atoms with Gasteiger partial charge in [0.25, 0.3) is 0 Å². The van der Waals surface area contributed by atoms with Gasteiger partial charge in [-0.2, -0.15) is 4.98 Å². The summed E-state index contributed by atoms with van der Waals surface area (Å²) in [5.74, 6) is 1.74. The molecule has 5 nitrogen and oxygen atoms in total. The standard InChI is InChI=1S/C13H25N3O2/c1-6-17-13(4,5)12-15-11(18-16-12)8-10(14)7-9(2)3/h9-10H,6-8,14H2,1-5H3. The Labute approximate surface area is 109 Å². The monoisotopic (exact) mass is 255 g/mol. The lowest BCUT2D eigenvalue weighted by Crippen LogP contribution is -2.25. The molecule has 104 valence electrons. The van der Waals surface area contributed by atoms with Crippen LogP contribution in [-0.4, -0.2) is 22.8 Å². The summed E-state index contributed by atoms with van der Waals surface area (Å²) in [7, 11) is 0. The second-order valence-corrected chi connectivity index (χ2v) is 5.55. The Morgan fingerprint density at radius 3 is 2.61 bits per heavy atom. The van der Waals surface area contributed by atoms with Crippen molar-refractivity contribution in [3.63, 3.8) is 0 Å². The van der Waals surface area contributed by atoms with E-state index in [0.29, 0.717) is 30.7 Å². The highest BCUT2D eigenvalue weighted by Gasteiger charge is 2.27. The van der Waals surface area contributed by atoms with Crippen LogP contribution in [0.2, 0.25) is 0 Å². The van der Waals surface area contributed by atoms with Crippen LogP contribution < -0.4 is 5.73 Å². The van der Waals surface area contributed by atoms with Gasteiger partial charge in [0.15, 0.2) is 0 Å². The van der Waals surface area contributed by atoms with E-state index in [0.717, 1.165) is 6.42 Å². The lowest BCUT2D eigenvalue weighted by molar-refractivity contribution is -0.0221. The van der Waals surface area contributed by atoms with Gasteiger partial charge >= 0.3 is 0 Å². The average Bonchev–Trinajstić information content (AvgIpc) is 2.65. The van der Waals surface area contributed by atoms with Gasteiger partial charge in [0.1, 0.15) is 5.60 Å². The molecule has 0 amide bonds. The first-order valence-corrected chi connectivity index (χ1v) is 6.57. The van der Waals surface area contributed by atoms with E-state index < -0.39 is 5.60 Å².